The summed E-state index contributed by atoms with van der Waals surface area (Å²) in [5, 5.41) is 0. The molecule has 0 amide bonds. The average molecular weight is 270 g/mol. The molecule has 0 unspecified atom stereocenters. The zero-order valence-electron chi connectivity index (χ0n) is 14.5. The first-order valence-electron chi connectivity index (χ1n) is 6.36. The van der Waals surface area contributed by atoms with Gasteiger partial charge in [0, 0.05) is 55.9 Å². The van der Waals surface area contributed by atoms with Gasteiger partial charge in [-0.3, -0.25) is 0 Å². The number of rotatable bonds is 3. The molecule has 0 aromatic carbocycles. The largest absolute Gasteiger partial charge is 0.388 e. The summed E-state index contributed by atoms with van der Waals surface area (Å²) in [6, 6.07) is 0. The molecule has 0 aromatic heterocycles. The molecule has 0 heterocycles. The normalized spacial score (nSPS) is 7.00. The molecule has 0 aliphatic heterocycles. The van der Waals surface area contributed by atoms with Crippen molar-refractivity contribution in [3.8, 4) is 0 Å². The van der Waals surface area contributed by atoms with E-state index in [0.29, 0.717) is 0 Å². The van der Waals surface area contributed by atoms with E-state index >= 15 is 0 Å². The van der Waals surface area contributed by atoms with Crippen LogP contribution in [-0.2, 0) is 18.9 Å². The van der Waals surface area contributed by atoms with E-state index in [9.17, 15) is 0 Å². The molecule has 4 heteroatoms. The van der Waals surface area contributed by atoms with Gasteiger partial charge in [-0.15, -0.1) is 0 Å². The molecule has 0 N–H and O–H groups in total. The summed E-state index contributed by atoms with van der Waals surface area (Å²) in [5.74, 6) is 0. The fourth-order valence-corrected chi connectivity index (χ4v) is 0.204. The lowest BCUT2D eigenvalue weighted by Gasteiger charge is -1.86. The van der Waals surface area contributed by atoms with Crippen LogP contribution >= 0.6 is 0 Å². The Morgan fingerprint density at radius 1 is 0.500 bits per heavy atom. The third-order valence-electron chi connectivity index (χ3n) is 0.908. The molecule has 0 fully saturated rings. The van der Waals surface area contributed by atoms with Gasteiger partial charge in [0.05, 0.1) is 0 Å². The van der Waals surface area contributed by atoms with Gasteiger partial charge >= 0.3 is 0 Å². The van der Waals surface area contributed by atoms with Gasteiger partial charge in [0.25, 0.3) is 0 Å². The molecular formula is C14H38O4. The number of hydrogen-bond donors (Lipinski definition) is 0. The second-order valence-electron chi connectivity index (χ2n) is 3.01. The molecule has 18 heavy (non-hydrogen) atoms. The topological polar surface area (TPSA) is 36.9 Å². The fourth-order valence-electron chi connectivity index (χ4n) is 0.204. The van der Waals surface area contributed by atoms with Gasteiger partial charge in [0.2, 0.25) is 0 Å². The second-order valence-corrected chi connectivity index (χ2v) is 3.01. The molecule has 0 atom stereocenters. The van der Waals surface area contributed by atoms with Crippen LogP contribution in [0.25, 0.3) is 0 Å². The quantitative estimate of drug-likeness (QED) is 0.784. The second kappa shape index (κ2) is 68.7. The third kappa shape index (κ3) is 433. The van der Waals surface area contributed by atoms with Gasteiger partial charge in [0.1, 0.15) is 0 Å². The zero-order chi connectivity index (χ0) is 15.7. The fraction of sp³-hybridized carbons (Fsp3) is 1.00. The highest BCUT2D eigenvalue weighted by Gasteiger charge is 1.64. The molecule has 0 bridgehead atoms. The van der Waals surface area contributed by atoms with Crippen molar-refractivity contribution >= 4 is 0 Å². The van der Waals surface area contributed by atoms with Gasteiger partial charge in [-0.25, -0.2) is 0 Å². The van der Waals surface area contributed by atoms with E-state index in [-0.39, 0.29) is 0 Å². The molecular weight excluding hydrogens is 232 g/mol. The Balaban J connectivity index is -0.0000000400. The van der Waals surface area contributed by atoms with Crippen LogP contribution in [-0.4, -0.2) is 55.9 Å². The van der Waals surface area contributed by atoms with Crippen molar-refractivity contribution < 1.29 is 18.9 Å². The van der Waals surface area contributed by atoms with Crippen LogP contribution < -0.4 is 0 Å². The Morgan fingerprint density at radius 3 is 0.667 bits per heavy atom. The van der Waals surface area contributed by atoms with E-state index < -0.39 is 0 Å². The Hall–Kier alpha value is -0.160. The SMILES string of the molecule is CCCC.CCOCC.COC.COC.COC. The summed E-state index contributed by atoms with van der Waals surface area (Å²) in [7, 11) is 9.75. The average Bonchev–Trinajstić information content (AvgIpc) is 2.33. The maximum absolute atomic E-state index is 4.83. The maximum atomic E-state index is 4.83. The van der Waals surface area contributed by atoms with Crippen LogP contribution in [0.4, 0.5) is 0 Å². The molecule has 4 nitrogen and oxygen atoms in total. The summed E-state index contributed by atoms with van der Waals surface area (Å²) in [6.45, 7) is 10.0. The lowest BCUT2D eigenvalue weighted by atomic mass is 10.4. The summed E-state index contributed by atoms with van der Waals surface area (Å²) < 4.78 is 17.6. The number of ether oxygens (including phenoxy) is 4. The van der Waals surface area contributed by atoms with Gasteiger partial charge in [-0.2, -0.15) is 0 Å². The molecule has 0 aliphatic carbocycles. The minimum Gasteiger partial charge on any atom is -0.388 e. The number of unbranched alkanes of at least 4 members (excludes halogenated alkanes) is 1. The summed E-state index contributed by atoms with van der Waals surface area (Å²) in [4.78, 5) is 0. The van der Waals surface area contributed by atoms with Crippen molar-refractivity contribution in [1.82, 2.24) is 0 Å². The summed E-state index contributed by atoms with van der Waals surface area (Å²) >= 11 is 0. The predicted molar refractivity (Wildman–Crippen MR) is 81.5 cm³/mol. The molecule has 118 valence electrons. The first-order chi connectivity index (χ1) is 8.57. The van der Waals surface area contributed by atoms with Crippen molar-refractivity contribution in [2.24, 2.45) is 0 Å². The van der Waals surface area contributed by atoms with Crippen LogP contribution in [0, 0.1) is 0 Å². The molecule has 0 radical (unpaired) electrons. The van der Waals surface area contributed by atoms with Crippen molar-refractivity contribution in [1.29, 1.82) is 0 Å². The molecule has 0 spiro atoms. The smallest absolute Gasteiger partial charge is 0.0437 e. The van der Waals surface area contributed by atoms with Crippen LogP contribution in [0.1, 0.15) is 40.5 Å². The van der Waals surface area contributed by atoms with E-state index in [1.807, 2.05) is 13.8 Å². The van der Waals surface area contributed by atoms with E-state index in [4.69, 9.17) is 4.74 Å². The van der Waals surface area contributed by atoms with E-state index in [0.717, 1.165) is 13.2 Å². The first-order valence-corrected chi connectivity index (χ1v) is 6.36. The predicted octanol–water partition coefficient (Wildman–Crippen LogP) is 3.64. The van der Waals surface area contributed by atoms with E-state index in [1.165, 1.54) is 12.8 Å². The monoisotopic (exact) mass is 270 g/mol. The minimum absolute atomic E-state index is 0.844. The van der Waals surface area contributed by atoms with Gasteiger partial charge < -0.3 is 18.9 Å². The van der Waals surface area contributed by atoms with Crippen LogP contribution in [0.3, 0.4) is 0 Å². The lowest BCUT2D eigenvalue weighted by molar-refractivity contribution is 0.162. The Kier molecular flexibility index (Phi) is 117. The third-order valence-corrected chi connectivity index (χ3v) is 0.908. The van der Waals surface area contributed by atoms with Crippen LogP contribution in [0.5, 0.6) is 0 Å². The highest BCUT2D eigenvalue weighted by Crippen LogP contribution is 1.76. The maximum Gasteiger partial charge on any atom is 0.0437 e. The Bertz CT molecular complexity index is 53.0. The molecule has 0 saturated carbocycles. The van der Waals surface area contributed by atoms with Crippen molar-refractivity contribution in [3.63, 3.8) is 0 Å². The van der Waals surface area contributed by atoms with Crippen molar-refractivity contribution in [3.05, 3.63) is 0 Å². The molecule has 0 rings (SSSR count). The van der Waals surface area contributed by atoms with Crippen LogP contribution in [0.15, 0.2) is 0 Å². The van der Waals surface area contributed by atoms with E-state index in [1.54, 1.807) is 42.7 Å². The van der Waals surface area contributed by atoms with Gasteiger partial charge in [0.15, 0.2) is 0 Å². The molecule has 0 aromatic rings. The van der Waals surface area contributed by atoms with Gasteiger partial charge in [-0.1, -0.05) is 26.7 Å². The zero-order valence-corrected chi connectivity index (χ0v) is 14.5. The van der Waals surface area contributed by atoms with Gasteiger partial charge in [-0.05, 0) is 13.8 Å². The highest BCUT2D eigenvalue weighted by atomic mass is 16.5. The van der Waals surface area contributed by atoms with E-state index in [2.05, 4.69) is 28.1 Å². The number of hydrogen-bond acceptors (Lipinski definition) is 4. The summed E-state index contributed by atoms with van der Waals surface area (Å²) in [5.41, 5.74) is 0. The highest BCUT2D eigenvalue weighted by molar-refractivity contribution is 4.12. The molecule has 0 saturated heterocycles. The standard InChI is InChI=1S/C4H10O.C4H10.3C2H6O/c1-3-5-4-2;1-3-4-2;3*1-3-2/h3-4H2,1-2H3;3-4H2,1-2H3;3*1-2H3. The Labute approximate surface area is 116 Å². The van der Waals surface area contributed by atoms with Crippen LogP contribution in [0.2, 0.25) is 0 Å². The first kappa shape index (κ1) is 30.7. The van der Waals surface area contributed by atoms with Crippen molar-refractivity contribution in [2.45, 2.75) is 40.5 Å². The van der Waals surface area contributed by atoms with Crippen molar-refractivity contribution in [2.75, 3.05) is 55.9 Å². The Morgan fingerprint density at radius 2 is 0.667 bits per heavy atom. The minimum atomic E-state index is 0.844. The lowest BCUT2D eigenvalue weighted by Crippen LogP contribution is -1.84. The molecule has 0 aliphatic rings. The summed E-state index contributed by atoms with van der Waals surface area (Å²) in [6.07, 6.45) is 2.64. The number of methoxy groups -OCH3 is 3.